The van der Waals surface area contributed by atoms with Gasteiger partial charge in [-0.15, -0.1) is 0 Å². The van der Waals surface area contributed by atoms with Gasteiger partial charge in [0.05, 0.1) is 10.6 Å². The van der Waals surface area contributed by atoms with Crippen LogP contribution in [0, 0.1) is 0 Å². The first-order chi connectivity index (χ1) is 8.69. The molecule has 2 aromatic rings. The number of rotatable bonds is 3. The largest absolute Gasteiger partial charge is 0.373 e. The van der Waals surface area contributed by atoms with Gasteiger partial charge in [0.25, 0.3) is 5.91 Å². The van der Waals surface area contributed by atoms with Crippen molar-refractivity contribution in [1.29, 1.82) is 0 Å². The number of amides is 1. The van der Waals surface area contributed by atoms with Crippen molar-refractivity contribution in [3.05, 3.63) is 47.2 Å². The summed E-state index contributed by atoms with van der Waals surface area (Å²) < 4.78 is 0. The molecule has 0 aliphatic heterocycles. The van der Waals surface area contributed by atoms with Crippen molar-refractivity contribution in [3.8, 4) is 0 Å². The first-order valence-electron chi connectivity index (χ1n) is 5.26. The standard InChI is InChI=1S/C12H11ClN4O/c1-14-10-4-2-8(6-15-10)12(18)17-11-5-3-9(13)7-16-11/h2-7H,1H3,(H,14,15)(H,16,17,18). The van der Waals surface area contributed by atoms with Crippen molar-refractivity contribution in [3.63, 3.8) is 0 Å². The van der Waals surface area contributed by atoms with Crippen molar-refractivity contribution in [2.24, 2.45) is 0 Å². The molecule has 0 saturated carbocycles. The molecule has 0 fully saturated rings. The van der Waals surface area contributed by atoms with Gasteiger partial charge in [-0.2, -0.15) is 0 Å². The maximum atomic E-state index is 11.9. The monoisotopic (exact) mass is 262 g/mol. The Morgan fingerprint density at radius 2 is 1.83 bits per heavy atom. The molecule has 0 unspecified atom stereocenters. The molecule has 1 amide bonds. The molecule has 0 bridgehead atoms. The Bertz CT molecular complexity index is 539. The average molecular weight is 263 g/mol. The summed E-state index contributed by atoms with van der Waals surface area (Å²) >= 11 is 5.71. The molecule has 18 heavy (non-hydrogen) atoms. The topological polar surface area (TPSA) is 66.9 Å². The molecule has 0 aliphatic carbocycles. The third-order valence-corrected chi connectivity index (χ3v) is 2.47. The smallest absolute Gasteiger partial charge is 0.258 e. The fourth-order valence-electron chi connectivity index (χ4n) is 1.31. The lowest BCUT2D eigenvalue weighted by Crippen LogP contribution is -2.13. The van der Waals surface area contributed by atoms with E-state index in [0.29, 0.717) is 22.2 Å². The van der Waals surface area contributed by atoms with Gasteiger partial charge in [0, 0.05) is 19.4 Å². The predicted molar refractivity (Wildman–Crippen MR) is 71.0 cm³/mol. The molecule has 0 spiro atoms. The summed E-state index contributed by atoms with van der Waals surface area (Å²) in [7, 11) is 1.76. The highest BCUT2D eigenvalue weighted by Gasteiger charge is 2.07. The van der Waals surface area contributed by atoms with Crippen molar-refractivity contribution in [2.75, 3.05) is 17.7 Å². The van der Waals surface area contributed by atoms with Crippen molar-refractivity contribution < 1.29 is 4.79 Å². The third-order valence-electron chi connectivity index (χ3n) is 2.25. The molecule has 2 aromatic heterocycles. The van der Waals surface area contributed by atoms with E-state index in [1.54, 1.807) is 31.3 Å². The summed E-state index contributed by atoms with van der Waals surface area (Å²) in [6, 6.07) is 6.70. The molecular weight excluding hydrogens is 252 g/mol. The van der Waals surface area contributed by atoms with Crippen LogP contribution in [0.2, 0.25) is 5.02 Å². The molecule has 5 nitrogen and oxygen atoms in total. The maximum Gasteiger partial charge on any atom is 0.258 e. The molecular formula is C12H11ClN4O. The highest BCUT2D eigenvalue weighted by atomic mass is 35.5. The van der Waals surface area contributed by atoms with Gasteiger partial charge in [-0.3, -0.25) is 4.79 Å². The van der Waals surface area contributed by atoms with Crippen LogP contribution in [-0.4, -0.2) is 22.9 Å². The van der Waals surface area contributed by atoms with Crippen LogP contribution in [0.3, 0.4) is 0 Å². The number of carbonyl (C=O) groups excluding carboxylic acids is 1. The molecule has 0 atom stereocenters. The second-order valence-corrected chi connectivity index (χ2v) is 3.93. The Labute approximate surface area is 109 Å². The normalized spacial score (nSPS) is 9.89. The molecule has 0 saturated heterocycles. The zero-order valence-electron chi connectivity index (χ0n) is 9.64. The number of pyridine rings is 2. The summed E-state index contributed by atoms with van der Waals surface area (Å²) in [6.07, 6.45) is 2.97. The fraction of sp³-hybridized carbons (Fsp3) is 0.0833. The first-order valence-corrected chi connectivity index (χ1v) is 5.63. The van der Waals surface area contributed by atoms with Gasteiger partial charge >= 0.3 is 0 Å². The van der Waals surface area contributed by atoms with Crippen LogP contribution in [-0.2, 0) is 0 Å². The molecule has 0 aliphatic rings. The van der Waals surface area contributed by atoms with E-state index in [4.69, 9.17) is 11.6 Å². The molecule has 0 aromatic carbocycles. The minimum absolute atomic E-state index is 0.264. The molecule has 6 heteroatoms. The highest BCUT2D eigenvalue weighted by Crippen LogP contribution is 2.11. The van der Waals surface area contributed by atoms with Gasteiger partial charge in [0.1, 0.15) is 11.6 Å². The number of nitrogens with one attached hydrogen (secondary N) is 2. The van der Waals surface area contributed by atoms with Crippen molar-refractivity contribution >= 4 is 29.1 Å². The number of aromatic nitrogens is 2. The van der Waals surface area contributed by atoms with Gasteiger partial charge in [0.15, 0.2) is 0 Å². The van der Waals surface area contributed by atoms with E-state index in [-0.39, 0.29) is 5.91 Å². The quantitative estimate of drug-likeness (QED) is 0.892. The van der Waals surface area contributed by atoms with E-state index in [1.807, 2.05) is 0 Å². The molecule has 2 N–H and O–H groups in total. The molecule has 2 rings (SSSR count). The van der Waals surface area contributed by atoms with E-state index < -0.39 is 0 Å². The lowest BCUT2D eigenvalue weighted by atomic mass is 10.2. The van der Waals surface area contributed by atoms with Gasteiger partial charge < -0.3 is 10.6 Å². The predicted octanol–water partition coefficient (Wildman–Crippen LogP) is 2.42. The van der Waals surface area contributed by atoms with Crippen LogP contribution in [0.5, 0.6) is 0 Å². The van der Waals surface area contributed by atoms with Gasteiger partial charge in [-0.1, -0.05) is 11.6 Å². The summed E-state index contributed by atoms with van der Waals surface area (Å²) in [5, 5.41) is 6.05. The second kappa shape index (κ2) is 5.46. The lowest BCUT2D eigenvalue weighted by Gasteiger charge is -2.04. The number of halogens is 1. The summed E-state index contributed by atoms with van der Waals surface area (Å²) in [5.74, 6) is 0.887. The Morgan fingerprint density at radius 1 is 1.11 bits per heavy atom. The van der Waals surface area contributed by atoms with E-state index in [0.717, 1.165) is 0 Å². The average Bonchev–Trinajstić information content (AvgIpc) is 2.41. The number of hydrogen-bond donors (Lipinski definition) is 2. The Balaban J connectivity index is 2.09. The third kappa shape index (κ3) is 2.95. The Kier molecular flexibility index (Phi) is 3.74. The number of hydrogen-bond acceptors (Lipinski definition) is 4. The lowest BCUT2D eigenvalue weighted by molar-refractivity contribution is 0.102. The van der Waals surface area contributed by atoms with E-state index in [9.17, 15) is 4.79 Å². The number of anilines is 2. The zero-order chi connectivity index (χ0) is 13.0. The Hall–Kier alpha value is -2.14. The van der Waals surface area contributed by atoms with Gasteiger partial charge in [-0.25, -0.2) is 9.97 Å². The number of carbonyl (C=O) groups is 1. The summed E-state index contributed by atoms with van der Waals surface area (Å²) in [6.45, 7) is 0. The van der Waals surface area contributed by atoms with Gasteiger partial charge in [0.2, 0.25) is 0 Å². The second-order valence-electron chi connectivity index (χ2n) is 3.50. The van der Waals surface area contributed by atoms with Crippen molar-refractivity contribution in [1.82, 2.24) is 9.97 Å². The van der Waals surface area contributed by atoms with Crippen molar-refractivity contribution in [2.45, 2.75) is 0 Å². The minimum Gasteiger partial charge on any atom is -0.373 e. The van der Waals surface area contributed by atoms with E-state index in [2.05, 4.69) is 20.6 Å². The number of nitrogens with zero attached hydrogens (tertiary/aromatic N) is 2. The SMILES string of the molecule is CNc1ccc(C(=O)Nc2ccc(Cl)cn2)cn1. The fourth-order valence-corrected chi connectivity index (χ4v) is 1.43. The Morgan fingerprint density at radius 3 is 2.39 bits per heavy atom. The molecule has 2 heterocycles. The van der Waals surface area contributed by atoms with Crippen LogP contribution in [0.25, 0.3) is 0 Å². The van der Waals surface area contributed by atoms with Gasteiger partial charge in [-0.05, 0) is 24.3 Å². The van der Waals surface area contributed by atoms with Crippen LogP contribution < -0.4 is 10.6 Å². The summed E-state index contributed by atoms with van der Waals surface area (Å²) in [5.41, 5.74) is 0.464. The van der Waals surface area contributed by atoms with Crippen LogP contribution >= 0.6 is 11.6 Å². The van der Waals surface area contributed by atoms with Crippen LogP contribution in [0.15, 0.2) is 36.7 Å². The van der Waals surface area contributed by atoms with Crippen LogP contribution in [0.4, 0.5) is 11.6 Å². The van der Waals surface area contributed by atoms with E-state index in [1.165, 1.54) is 12.4 Å². The molecule has 92 valence electrons. The highest BCUT2D eigenvalue weighted by molar-refractivity contribution is 6.30. The minimum atomic E-state index is -0.264. The zero-order valence-corrected chi connectivity index (χ0v) is 10.4. The molecule has 0 radical (unpaired) electrons. The maximum absolute atomic E-state index is 11.9. The first kappa shape index (κ1) is 12.3. The van der Waals surface area contributed by atoms with E-state index >= 15 is 0 Å². The summed E-state index contributed by atoms with van der Waals surface area (Å²) in [4.78, 5) is 19.9. The van der Waals surface area contributed by atoms with Crippen LogP contribution in [0.1, 0.15) is 10.4 Å².